The number of benzene rings is 5. The summed E-state index contributed by atoms with van der Waals surface area (Å²) >= 11 is 0. The number of unbranched alkanes of at least 4 members (excludes halogenated alkanes) is 18. The van der Waals surface area contributed by atoms with Crippen LogP contribution in [0.1, 0.15) is 163 Å². The molecule has 5 rings (SSSR count). The summed E-state index contributed by atoms with van der Waals surface area (Å²) < 4.78 is 23.4. The number of fused-ring (bicyclic) bond motifs is 2. The van der Waals surface area contributed by atoms with E-state index < -0.39 is 11.9 Å². The summed E-state index contributed by atoms with van der Waals surface area (Å²) in [6, 6.07) is 30.5. The Labute approximate surface area is 402 Å². The van der Waals surface area contributed by atoms with E-state index in [-0.39, 0.29) is 44.2 Å². The molecule has 0 aliphatic heterocycles. The van der Waals surface area contributed by atoms with Gasteiger partial charge < -0.3 is 18.9 Å². The largest absolute Gasteiger partial charge is 0.494 e. The SMILES string of the molecule is CCCCCCCCCCCCOc1ccc(C(=O)Oc2ccc3c(=C(C#N)C#N)c4cc(OC(=O)c5ccc(OCCCCCCCCCCCC)cc5)ccc4c(=C(C#N)C#N)c3c2)cc1. The molecule has 0 bridgehead atoms. The maximum absolute atomic E-state index is 13.4. The highest BCUT2D eigenvalue weighted by Crippen LogP contribution is 2.26. The third-order valence-corrected chi connectivity index (χ3v) is 12.1. The second-order valence-corrected chi connectivity index (χ2v) is 17.3. The Morgan fingerprint density at radius 1 is 0.382 bits per heavy atom. The molecule has 5 aromatic rings. The van der Waals surface area contributed by atoms with Crippen molar-refractivity contribution in [3.63, 3.8) is 0 Å². The molecule has 0 atom stereocenters. The topological polar surface area (TPSA) is 166 Å². The Hall–Kier alpha value is -7.14. The van der Waals surface area contributed by atoms with Crippen LogP contribution in [0.25, 0.3) is 32.7 Å². The quantitative estimate of drug-likeness (QED) is 0.0204. The van der Waals surface area contributed by atoms with Crippen molar-refractivity contribution in [3.8, 4) is 47.3 Å². The van der Waals surface area contributed by atoms with Gasteiger partial charge in [-0.05, 0) is 119 Å². The lowest BCUT2D eigenvalue weighted by Gasteiger charge is -2.12. The van der Waals surface area contributed by atoms with Gasteiger partial charge in [-0.3, -0.25) is 0 Å². The van der Waals surface area contributed by atoms with Gasteiger partial charge in [0.2, 0.25) is 0 Å². The number of ether oxygens (including phenoxy) is 4. The smallest absolute Gasteiger partial charge is 0.343 e. The van der Waals surface area contributed by atoms with Gasteiger partial charge in [0.25, 0.3) is 0 Å². The van der Waals surface area contributed by atoms with Crippen LogP contribution in [0.5, 0.6) is 23.0 Å². The second-order valence-electron chi connectivity index (χ2n) is 17.3. The highest BCUT2D eigenvalue weighted by Gasteiger charge is 2.18. The van der Waals surface area contributed by atoms with E-state index in [4.69, 9.17) is 18.9 Å². The van der Waals surface area contributed by atoms with E-state index in [0.717, 1.165) is 25.7 Å². The van der Waals surface area contributed by atoms with Crippen LogP contribution in [0.3, 0.4) is 0 Å². The first-order chi connectivity index (χ1) is 33.3. The number of nitrogens with zero attached hydrogens (tertiary/aromatic N) is 4. The first-order valence-corrected chi connectivity index (χ1v) is 24.6. The summed E-state index contributed by atoms with van der Waals surface area (Å²) in [6.45, 7) is 5.65. The number of esters is 2. The van der Waals surface area contributed by atoms with Crippen LogP contribution in [-0.2, 0) is 0 Å². The van der Waals surface area contributed by atoms with Crippen molar-refractivity contribution in [2.45, 2.75) is 142 Å². The molecule has 0 heterocycles. The molecule has 5 aromatic carbocycles. The maximum atomic E-state index is 13.4. The van der Waals surface area contributed by atoms with E-state index in [9.17, 15) is 30.6 Å². The summed E-state index contributed by atoms with van der Waals surface area (Å²) in [6.07, 6.45) is 24.8. The van der Waals surface area contributed by atoms with Gasteiger partial charge in [0.1, 0.15) is 58.4 Å². The number of rotatable bonds is 28. The maximum Gasteiger partial charge on any atom is 0.343 e. The highest BCUT2D eigenvalue weighted by atomic mass is 16.5. The van der Waals surface area contributed by atoms with E-state index in [1.54, 1.807) is 60.7 Å². The van der Waals surface area contributed by atoms with Crippen molar-refractivity contribution in [3.05, 3.63) is 106 Å². The van der Waals surface area contributed by atoms with Gasteiger partial charge in [0.15, 0.2) is 0 Å². The molecule has 0 fully saturated rings. The molecule has 0 aliphatic carbocycles. The highest BCUT2D eigenvalue weighted by molar-refractivity contribution is 6.07. The standard InChI is InChI=1S/C58H64N4O6/c1-3-5-7-9-11-13-15-17-19-21-35-65-47-27-23-43(24-28-47)57(63)67-49-31-33-51-53(37-49)55(45(39-59)40-60)52-34-32-50(38-54(52)56(51)46(41-61)42-62)68-58(64)44-25-29-48(30-26-44)66-36-22-20-18-16-14-12-10-8-6-4-2/h23-34,37-38H,3-22,35-36H2,1-2H3. The molecule has 0 aliphatic rings. The molecule has 0 saturated heterocycles. The summed E-state index contributed by atoms with van der Waals surface area (Å²) in [4.78, 5) is 26.8. The Balaban J connectivity index is 1.27. The van der Waals surface area contributed by atoms with Crippen LogP contribution in [-0.4, -0.2) is 25.2 Å². The fourth-order valence-electron chi connectivity index (χ4n) is 8.39. The third kappa shape index (κ3) is 15.5. The van der Waals surface area contributed by atoms with Crippen LogP contribution < -0.4 is 29.4 Å². The van der Waals surface area contributed by atoms with E-state index in [1.165, 1.54) is 127 Å². The van der Waals surface area contributed by atoms with Gasteiger partial charge in [-0.15, -0.1) is 0 Å². The van der Waals surface area contributed by atoms with Crippen LogP contribution >= 0.6 is 0 Å². The molecule has 352 valence electrons. The molecule has 0 unspecified atom stereocenters. The van der Waals surface area contributed by atoms with Crippen LogP contribution in [0.4, 0.5) is 0 Å². The van der Waals surface area contributed by atoms with Crippen molar-refractivity contribution < 1.29 is 28.5 Å². The summed E-state index contributed by atoms with van der Waals surface area (Å²) in [5, 5.41) is 42.3. The minimum Gasteiger partial charge on any atom is -0.494 e. The Morgan fingerprint density at radius 2 is 0.676 bits per heavy atom. The Kier molecular flexibility index (Phi) is 22.0. The minimum absolute atomic E-state index is 0.113. The predicted molar refractivity (Wildman–Crippen MR) is 267 cm³/mol. The van der Waals surface area contributed by atoms with Gasteiger partial charge in [-0.2, -0.15) is 21.0 Å². The fraction of sp³-hybridized carbons (Fsp3) is 0.414. The average molecular weight is 913 g/mol. The number of nitriles is 4. The zero-order chi connectivity index (χ0) is 48.4. The van der Waals surface area contributed by atoms with E-state index in [1.807, 2.05) is 24.3 Å². The lowest BCUT2D eigenvalue weighted by atomic mass is 9.93. The molecule has 10 heteroatoms. The number of hydrogen-bond acceptors (Lipinski definition) is 10. The molecule has 0 spiro atoms. The first kappa shape index (κ1) is 51.8. The van der Waals surface area contributed by atoms with Crippen LogP contribution in [0, 0.1) is 45.3 Å². The van der Waals surface area contributed by atoms with Gasteiger partial charge in [0, 0.05) is 10.4 Å². The molecule has 0 aromatic heterocycles. The zero-order valence-electron chi connectivity index (χ0n) is 39.9. The van der Waals surface area contributed by atoms with Crippen LogP contribution in [0.15, 0.2) is 84.9 Å². The summed E-state index contributed by atoms with van der Waals surface area (Å²) in [5.74, 6) is 0.243. The van der Waals surface area contributed by atoms with Crippen molar-refractivity contribution in [2.24, 2.45) is 0 Å². The zero-order valence-corrected chi connectivity index (χ0v) is 39.9. The molecule has 0 radical (unpaired) electrons. The molecular weight excluding hydrogens is 849 g/mol. The van der Waals surface area contributed by atoms with Crippen molar-refractivity contribution in [1.82, 2.24) is 0 Å². The average Bonchev–Trinajstić information content (AvgIpc) is 3.36. The Bertz CT molecular complexity index is 2530. The van der Waals surface area contributed by atoms with Gasteiger partial charge >= 0.3 is 11.9 Å². The van der Waals surface area contributed by atoms with Crippen molar-refractivity contribution in [2.75, 3.05) is 13.2 Å². The van der Waals surface area contributed by atoms with Gasteiger partial charge in [0.05, 0.1) is 24.3 Å². The lowest BCUT2D eigenvalue weighted by molar-refractivity contribution is 0.0725. The molecule has 0 amide bonds. The summed E-state index contributed by atoms with van der Waals surface area (Å²) in [5.41, 5.74) is 0.0680. The normalized spacial score (nSPS) is 10.7. The molecule has 10 nitrogen and oxygen atoms in total. The Morgan fingerprint density at radius 3 is 0.985 bits per heavy atom. The van der Waals surface area contributed by atoms with E-state index >= 15 is 0 Å². The first-order valence-electron chi connectivity index (χ1n) is 24.6. The van der Waals surface area contributed by atoms with Gasteiger partial charge in [-0.1, -0.05) is 129 Å². The molecular formula is C58H64N4O6. The van der Waals surface area contributed by atoms with E-state index in [0.29, 0.717) is 46.3 Å². The molecule has 0 N–H and O–H groups in total. The number of carbonyl (C=O) groups is 2. The third-order valence-electron chi connectivity index (χ3n) is 12.1. The summed E-state index contributed by atoms with van der Waals surface area (Å²) in [7, 11) is 0. The minimum atomic E-state index is -0.641. The molecule has 68 heavy (non-hydrogen) atoms. The number of hydrogen-bond donors (Lipinski definition) is 0. The van der Waals surface area contributed by atoms with Crippen molar-refractivity contribution in [1.29, 1.82) is 21.0 Å². The second kappa shape index (κ2) is 28.8. The van der Waals surface area contributed by atoms with Crippen molar-refractivity contribution >= 4 is 44.6 Å². The van der Waals surface area contributed by atoms with Crippen LogP contribution in [0.2, 0.25) is 0 Å². The molecule has 0 saturated carbocycles. The number of carbonyl (C=O) groups excluding carboxylic acids is 2. The van der Waals surface area contributed by atoms with Gasteiger partial charge in [-0.25, -0.2) is 9.59 Å². The lowest BCUT2D eigenvalue weighted by Crippen LogP contribution is -2.19. The fourth-order valence-corrected chi connectivity index (χ4v) is 8.39. The predicted octanol–water partition coefficient (Wildman–Crippen LogP) is 13.4. The monoisotopic (exact) mass is 912 g/mol. The van der Waals surface area contributed by atoms with E-state index in [2.05, 4.69) is 13.8 Å².